The summed E-state index contributed by atoms with van der Waals surface area (Å²) in [4.78, 5) is 24.9. The fraction of sp³-hybridized carbons (Fsp3) is 0.0435. The van der Waals surface area contributed by atoms with E-state index in [1.54, 1.807) is 6.07 Å². The van der Waals surface area contributed by atoms with E-state index in [1.807, 2.05) is 78.9 Å². The van der Waals surface area contributed by atoms with Crippen LogP contribution in [0.15, 0.2) is 95.8 Å². The van der Waals surface area contributed by atoms with Crippen LogP contribution in [0.4, 0.5) is 0 Å². The third-order valence-corrected chi connectivity index (χ3v) is 4.51. The second-order valence-electron chi connectivity index (χ2n) is 6.18. The molecule has 0 saturated carbocycles. The van der Waals surface area contributed by atoms with E-state index >= 15 is 0 Å². The third-order valence-electron chi connectivity index (χ3n) is 4.51. The molecule has 0 aliphatic carbocycles. The standard InChI is InChI=1S/C23H17NO2/c25-22(16-24-21-9-5-4-8-19(21)14-15-23(24)26)20-12-10-18(11-13-20)17-6-2-1-3-7-17/h1-15H,16H2. The highest BCUT2D eigenvalue weighted by Gasteiger charge is 2.10. The summed E-state index contributed by atoms with van der Waals surface area (Å²) >= 11 is 0. The van der Waals surface area contributed by atoms with Gasteiger partial charge in [-0.05, 0) is 28.6 Å². The Morgan fingerprint density at radius 1 is 0.692 bits per heavy atom. The van der Waals surface area contributed by atoms with Crippen molar-refractivity contribution >= 4 is 16.7 Å². The van der Waals surface area contributed by atoms with Gasteiger partial charge in [0.1, 0.15) is 0 Å². The lowest BCUT2D eigenvalue weighted by atomic mass is 10.0. The average Bonchev–Trinajstić information content (AvgIpc) is 2.71. The first-order valence-corrected chi connectivity index (χ1v) is 8.50. The van der Waals surface area contributed by atoms with E-state index < -0.39 is 0 Å². The van der Waals surface area contributed by atoms with Crippen LogP contribution >= 0.6 is 0 Å². The van der Waals surface area contributed by atoms with Crippen LogP contribution in [-0.2, 0) is 6.54 Å². The number of carbonyl (C=O) groups is 1. The summed E-state index contributed by atoms with van der Waals surface area (Å²) in [5.41, 5.74) is 3.37. The average molecular weight is 339 g/mol. The number of nitrogens with zero attached hydrogens (tertiary/aromatic N) is 1. The molecule has 0 unspecified atom stereocenters. The number of Topliss-reactive ketones (excluding diaryl/α,β-unsaturated/α-hetero) is 1. The number of carbonyl (C=O) groups excluding carboxylic acids is 1. The van der Waals surface area contributed by atoms with Crippen LogP contribution in [0.25, 0.3) is 22.0 Å². The van der Waals surface area contributed by atoms with Gasteiger partial charge in [-0.25, -0.2) is 0 Å². The molecular weight excluding hydrogens is 322 g/mol. The van der Waals surface area contributed by atoms with Gasteiger partial charge < -0.3 is 4.57 Å². The summed E-state index contributed by atoms with van der Waals surface area (Å²) in [6, 6.07) is 28.4. The highest BCUT2D eigenvalue weighted by atomic mass is 16.1. The minimum atomic E-state index is -0.169. The molecule has 3 aromatic carbocycles. The molecule has 0 bridgehead atoms. The zero-order chi connectivity index (χ0) is 17.9. The molecule has 0 atom stereocenters. The van der Waals surface area contributed by atoms with E-state index in [-0.39, 0.29) is 17.9 Å². The number of rotatable bonds is 4. The Bertz CT molecular complexity index is 1130. The van der Waals surface area contributed by atoms with Crippen molar-refractivity contribution in [2.24, 2.45) is 0 Å². The molecular formula is C23H17NO2. The number of pyridine rings is 1. The summed E-state index contributed by atoms with van der Waals surface area (Å²) in [6.07, 6.45) is 0. The first kappa shape index (κ1) is 16.0. The molecule has 0 N–H and O–H groups in total. The quantitative estimate of drug-likeness (QED) is 0.512. The van der Waals surface area contributed by atoms with Crippen molar-refractivity contribution in [2.75, 3.05) is 0 Å². The van der Waals surface area contributed by atoms with Crippen LogP contribution in [0.2, 0.25) is 0 Å². The van der Waals surface area contributed by atoms with Gasteiger partial charge >= 0.3 is 0 Å². The van der Waals surface area contributed by atoms with Crippen molar-refractivity contribution < 1.29 is 4.79 Å². The second kappa shape index (κ2) is 6.81. The van der Waals surface area contributed by atoms with Crippen LogP contribution in [-0.4, -0.2) is 10.4 Å². The number of fused-ring (bicyclic) bond motifs is 1. The van der Waals surface area contributed by atoms with Crippen molar-refractivity contribution in [3.63, 3.8) is 0 Å². The van der Waals surface area contributed by atoms with Gasteiger partial charge in [0.2, 0.25) is 0 Å². The smallest absolute Gasteiger partial charge is 0.251 e. The molecule has 3 heteroatoms. The fourth-order valence-electron chi connectivity index (χ4n) is 3.12. The molecule has 26 heavy (non-hydrogen) atoms. The molecule has 0 spiro atoms. The van der Waals surface area contributed by atoms with Gasteiger partial charge in [0, 0.05) is 11.6 Å². The largest absolute Gasteiger partial charge is 0.300 e. The maximum absolute atomic E-state index is 12.7. The van der Waals surface area contributed by atoms with E-state index in [1.165, 1.54) is 10.6 Å². The second-order valence-corrected chi connectivity index (χ2v) is 6.18. The summed E-state index contributed by atoms with van der Waals surface area (Å²) in [5, 5.41) is 0.944. The molecule has 1 aromatic heterocycles. The predicted octanol–water partition coefficient (Wildman–Crippen LogP) is 4.55. The monoisotopic (exact) mass is 339 g/mol. The highest BCUT2D eigenvalue weighted by molar-refractivity contribution is 5.97. The summed E-state index contributed by atoms with van der Waals surface area (Å²) in [5.74, 6) is -0.0805. The highest BCUT2D eigenvalue weighted by Crippen LogP contribution is 2.20. The van der Waals surface area contributed by atoms with E-state index in [0.29, 0.717) is 5.56 Å². The van der Waals surface area contributed by atoms with Gasteiger partial charge in [-0.15, -0.1) is 0 Å². The normalized spacial score (nSPS) is 10.8. The van der Waals surface area contributed by atoms with E-state index in [2.05, 4.69) is 0 Å². The summed E-state index contributed by atoms with van der Waals surface area (Å²) < 4.78 is 1.53. The zero-order valence-electron chi connectivity index (χ0n) is 14.1. The number of para-hydroxylation sites is 1. The molecule has 0 amide bonds. The number of ketones is 1. The van der Waals surface area contributed by atoms with Crippen LogP contribution in [0, 0.1) is 0 Å². The molecule has 1 heterocycles. The predicted molar refractivity (Wildman–Crippen MR) is 104 cm³/mol. The maximum Gasteiger partial charge on any atom is 0.251 e. The molecule has 0 aliphatic rings. The van der Waals surface area contributed by atoms with Crippen LogP contribution in [0.5, 0.6) is 0 Å². The SMILES string of the molecule is O=C(Cn1c(=O)ccc2ccccc21)c1ccc(-c2ccccc2)cc1. The Morgan fingerprint density at radius 2 is 1.35 bits per heavy atom. The van der Waals surface area contributed by atoms with Gasteiger partial charge in [-0.3, -0.25) is 9.59 Å². The Morgan fingerprint density at radius 3 is 2.12 bits per heavy atom. The fourth-order valence-corrected chi connectivity index (χ4v) is 3.12. The Kier molecular flexibility index (Phi) is 4.20. The van der Waals surface area contributed by atoms with Crippen molar-refractivity contribution in [3.05, 3.63) is 107 Å². The van der Waals surface area contributed by atoms with Gasteiger partial charge in [0.05, 0.1) is 12.1 Å². The molecule has 4 aromatic rings. The topological polar surface area (TPSA) is 39.1 Å². The number of hydrogen-bond donors (Lipinski definition) is 0. The van der Waals surface area contributed by atoms with Gasteiger partial charge in [-0.2, -0.15) is 0 Å². The first-order chi connectivity index (χ1) is 12.7. The van der Waals surface area contributed by atoms with Crippen molar-refractivity contribution in [3.8, 4) is 11.1 Å². The van der Waals surface area contributed by atoms with E-state index in [0.717, 1.165) is 22.0 Å². The minimum Gasteiger partial charge on any atom is -0.300 e. The number of aromatic nitrogens is 1. The zero-order valence-corrected chi connectivity index (χ0v) is 14.1. The number of benzene rings is 3. The van der Waals surface area contributed by atoms with Gasteiger partial charge in [0.15, 0.2) is 5.78 Å². The molecule has 0 aliphatic heterocycles. The molecule has 0 fully saturated rings. The Labute approximate surface area is 151 Å². The first-order valence-electron chi connectivity index (χ1n) is 8.50. The van der Waals surface area contributed by atoms with E-state index in [4.69, 9.17) is 0 Å². The summed E-state index contributed by atoms with van der Waals surface area (Å²) in [7, 11) is 0. The van der Waals surface area contributed by atoms with Crippen LogP contribution in [0.1, 0.15) is 10.4 Å². The van der Waals surface area contributed by atoms with Crippen molar-refractivity contribution in [2.45, 2.75) is 6.54 Å². The maximum atomic E-state index is 12.7. The molecule has 3 nitrogen and oxygen atoms in total. The molecule has 4 rings (SSSR count). The van der Waals surface area contributed by atoms with Gasteiger partial charge in [0.25, 0.3) is 5.56 Å². The lowest BCUT2D eigenvalue weighted by molar-refractivity contribution is 0.0972. The Hall–Kier alpha value is -3.46. The molecule has 0 radical (unpaired) electrons. The number of hydrogen-bond acceptors (Lipinski definition) is 2. The van der Waals surface area contributed by atoms with Crippen molar-refractivity contribution in [1.29, 1.82) is 0 Å². The van der Waals surface area contributed by atoms with Gasteiger partial charge in [-0.1, -0.05) is 72.8 Å². The van der Waals surface area contributed by atoms with E-state index in [9.17, 15) is 9.59 Å². The van der Waals surface area contributed by atoms with Crippen molar-refractivity contribution in [1.82, 2.24) is 4.57 Å². The minimum absolute atomic E-state index is 0.0326. The third kappa shape index (κ3) is 3.07. The molecule has 126 valence electrons. The summed E-state index contributed by atoms with van der Waals surface area (Å²) in [6.45, 7) is 0.0326. The Balaban J connectivity index is 1.63. The lowest BCUT2D eigenvalue weighted by Gasteiger charge is -2.10. The van der Waals surface area contributed by atoms with Crippen LogP contribution in [0.3, 0.4) is 0 Å². The molecule has 0 saturated heterocycles. The van der Waals surface area contributed by atoms with Crippen LogP contribution < -0.4 is 5.56 Å². The lowest BCUT2D eigenvalue weighted by Crippen LogP contribution is -2.23.